The zero-order chi connectivity index (χ0) is 20.6. The Bertz CT molecular complexity index is 790. The topological polar surface area (TPSA) is 96.4 Å². The molecule has 7 nitrogen and oxygen atoms in total. The fourth-order valence-corrected chi connectivity index (χ4v) is 2.59. The van der Waals surface area contributed by atoms with Gasteiger partial charge in [-0.1, -0.05) is 45.0 Å². The van der Waals surface area contributed by atoms with Crippen molar-refractivity contribution in [2.45, 2.75) is 27.3 Å². The molecule has 0 amide bonds. The van der Waals surface area contributed by atoms with Crippen molar-refractivity contribution in [2.24, 2.45) is 17.1 Å². The normalized spacial score (nSPS) is 12.7. The largest absolute Gasteiger partial charge is 0.428 e. The first-order chi connectivity index (χ1) is 13.3. The Morgan fingerprint density at radius 3 is 2.50 bits per heavy atom. The fourth-order valence-electron chi connectivity index (χ4n) is 2.59. The first-order valence-electron chi connectivity index (χ1n) is 9.06. The van der Waals surface area contributed by atoms with Gasteiger partial charge in [-0.3, -0.25) is 4.79 Å². The molecule has 0 aliphatic rings. The second-order valence-electron chi connectivity index (χ2n) is 7.51. The van der Waals surface area contributed by atoms with Gasteiger partial charge in [0.05, 0.1) is 12.2 Å². The second kappa shape index (κ2) is 9.85. The number of nitrogens with two attached hydrogens (primary N) is 1. The molecule has 0 fully saturated rings. The fraction of sp³-hybridized carbons (Fsp3) is 0.381. The van der Waals surface area contributed by atoms with Gasteiger partial charge < -0.3 is 19.8 Å². The molecule has 1 aromatic heterocycles. The lowest BCUT2D eigenvalue weighted by Crippen LogP contribution is -2.36. The summed E-state index contributed by atoms with van der Waals surface area (Å²) >= 11 is 0. The van der Waals surface area contributed by atoms with Crippen LogP contribution in [0.4, 0.5) is 0 Å². The molecular formula is C21H27N3O4. The molecule has 1 heterocycles. The Morgan fingerprint density at radius 1 is 1.21 bits per heavy atom. The van der Waals surface area contributed by atoms with Crippen LogP contribution in [0, 0.1) is 11.3 Å². The van der Waals surface area contributed by atoms with Gasteiger partial charge in [-0.15, -0.1) is 0 Å². The van der Waals surface area contributed by atoms with Crippen molar-refractivity contribution >= 4 is 18.0 Å². The summed E-state index contributed by atoms with van der Waals surface area (Å²) in [6.45, 7) is 6.19. The number of esters is 2. The Hall–Kier alpha value is -2.93. The van der Waals surface area contributed by atoms with E-state index in [1.54, 1.807) is 18.6 Å². The molecule has 0 aliphatic heterocycles. The molecule has 0 aliphatic carbocycles. The summed E-state index contributed by atoms with van der Waals surface area (Å²) in [6.07, 6.45) is 8.33. The molecule has 2 rings (SSSR count). The SMILES string of the molecule is CC(C)(C)C(CN)C(=O)OCOC(=O)/C=C/c1ccc(Cn2ccnc2)cc1. The third-order valence-corrected chi connectivity index (χ3v) is 4.28. The van der Waals surface area contributed by atoms with Gasteiger partial charge in [0, 0.05) is 31.6 Å². The molecule has 2 N–H and O–H groups in total. The molecule has 0 spiro atoms. The number of hydrogen-bond donors (Lipinski definition) is 1. The van der Waals surface area contributed by atoms with Crippen LogP contribution in [-0.4, -0.2) is 34.8 Å². The maximum absolute atomic E-state index is 12.0. The van der Waals surface area contributed by atoms with Crippen molar-refractivity contribution in [3.8, 4) is 0 Å². The van der Waals surface area contributed by atoms with Crippen LogP contribution in [0.5, 0.6) is 0 Å². The van der Waals surface area contributed by atoms with Crippen molar-refractivity contribution in [1.29, 1.82) is 0 Å². The number of aromatic nitrogens is 2. The first kappa shape index (κ1) is 21.4. The predicted molar refractivity (Wildman–Crippen MR) is 106 cm³/mol. The van der Waals surface area contributed by atoms with E-state index in [9.17, 15) is 9.59 Å². The quantitative estimate of drug-likeness (QED) is 0.426. The zero-order valence-electron chi connectivity index (χ0n) is 16.5. The molecule has 1 aromatic carbocycles. The monoisotopic (exact) mass is 385 g/mol. The van der Waals surface area contributed by atoms with Crippen molar-refractivity contribution in [1.82, 2.24) is 9.55 Å². The van der Waals surface area contributed by atoms with Crippen LogP contribution in [0.25, 0.3) is 6.08 Å². The van der Waals surface area contributed by atoms with Crippen molar-refractivity contribution in [3.05, 3.63) is 60.2 Å². The Kier molecular flexibility index (Phi) is 7.52. The van der Waals surface area contributed by atoms with E-state index in [4.69, 9.17) is 15.2 Å². The van der Waals surface area contributed by atoms with Crippen molar-refractivity contribution in [3.63, 3.8) is 0 Å². The minimum Gasteiger partial charge on any atom is -0.428 e. The van der Waals surface area contributed by atoms with Gasteiger partial charge in [0.25, 0.3) is 0 Å². The Balaban J connectivity index is 1.78. The van der Waals surface area contributed by atoms with Crippen LogP contribution in [0.3, 0.4) is 0 Å². The third-order valence-electron chi connectivity index (χ3n) is 4.28. The number of ether oxygens (including phenoxy) is 2. The van der Waals surface area contributed by atoms with Gasteiger partial charge in [0.2, 0.25) is 6.79 Å². The molecule has 0 bridgehead atoms. The van der Waals surface area contributed by atoms with Crippen molar-refractivity contribution < 1.29 is 19.1 Å². The maximum atomic E-state index is 12.0. The van der Waals surface area contributed by atoms with Crippen LogP contribution in [0.2, 0.25) is 0 Å². The molecule has 150 valence electrons. The van der Waals surface area contributed by atoms with Crippen LogP contribution < -0.4 is 5.73 Å². The van der Waals surface area contributed by atoms with E-state index in [-0.39, 0.29) is 12.0 Å². The molecule has 0 saturated carbocycles. The molecule has 28 heavy (non-hydrogen) atoms. The molecular weight excluding hydrogens is 358 g/mol. The van der Waals surface area contributed by atoms with Gasteiger partial charge in [0.1, 0.15) is 0 Å². The van der Waals surface area contributed by atoms with E-state index in [1.165, 1.54) is 6.08 Å². The molecule has 7 heteroatoms. The van der Waals surface area contributed by atoms with Gasteiger partial charge in [-0.25, -0.2) is 9.78 Å². The highest BCUT2D eigenvalue weighted by Crippen LogP contribution is 2.26. The zero-order valence-corrected chi connectivity index (χ0v) is 16.5. The molecule has 1 atom stereocenters. The van der Waals surface area contributed by atoms with E-state index in [2.05, 4.69) is 4.98 Å². The number of rotatable bonds is 8. The summed E-state index contributed by atoms with van der Waals surface area (Å²) in [4.78, 5) is 27.8. The number of nitrogens with zero attached hydrogens (tertiary/aromatic N) is 2. The summed E-state index contributed by atoms with van der Waals surface area (Å²) in [6, 6.07) is 7.77. The third kappa shape index (κ3) is 6.66. The van der Waals surface area contributed by atoms with Crippen LogP contribution >= 0.6 is 0 Å². The Labute approximate surface area is 165 Å². The van der Waals surface area contributed by atoms with E-state index >= 15 is 0 Å². The molecule has 0 radical (unpaired) electrons. The number of benzene rings is 1. The average Bonchev–Trinajstić information content (AvgIpc) is 3.13. The Morgan fingerprint density at radius 2 is 1.93 bits per heavy atom. The maximum Gasteiger partial charge on any atom is 0.333 e. The van der Waals surface area contributed by atoms with Crippen molar-refractivity contribution in [2.75, 3.05) is 13.3 Å². The number of hydrogen-bond acceptors (Lipinski definition) is 6. The number of imidazole rings is 1. The lowest BCUT2D eigenvalue weighted by Gasteiger charge is -2.27. The molecule has 2 aromatic rings. The van der Waals surface area contributed by atoms with Gasteiger partial charge in [-0.05, 0) is 22.6 Å². The van der Waals surface area contributed by atoms with Gasteiger partial charge >= 0.3 is 11.9 Å². The number of carbonyl (C=O) groups excluding carboxylic acids is 2. The molecule has 0 saturated heterocycles. The van der Waals surface area contributed by atoms with Gasteiger partial charge in [0.15, 0.2) is 0 Å². The summed E-state index contributed by atoms with van der Waals surface area (Å²) in [5.41, 5.74) is 7.29. The van der Waals surface area contributed by atoms with E-state index < -0.39 is 24.6 Å². The lowest BCUT2D eigenvalue weighted by atomic mass is 9.81. The lowest BCUT2D eigenvalue weighted by molar-refractivity contribution is -0.169. The van der Waals surface area contributed by atoms with Crippen LogP contribution in [-0.2, 0) is 25.6 Å². The van der Waals surface area contributed by atoms with Crippen LogP contribution in [0.15, 0.2) is 49.1 Å². The summed E-state index contributed by atoms with van der Waals surface area (Å²) in [5.74, 6) is -1.52. The molecule has 1 unspecified atom stereocenters. The smallest absolute Gasteiger partial charge is 0.333 e. The minimum absolute atomic E-state index is 0.174. The van der Waals surface area contributed by atoms with E-state index in [0.29, 0.717) is 0 Å². The summed E-state index contributed by atoms with van der Waals surface area (Å²) in [7, 11) is 0. The summed E-state index contributed by atoms with van der Waals surface area (Å²) in [5, 5.41) is 0. The minimum atomic E-state index is -0.588. The number of carbonyl (C=O) groups is 2. The predicted octanol–water partition coefficient (Wildman–Crippen LogP) is 2.61. The second-order valence-corrected chi connectivity index (χ2v) is 7.51. The highest BCUT2D eigenvalue weighted by molar-refractivity contribution is 5.87. The van der Waals surface area contributed by atoms with E-state index in [0.717, 1.165) is 17.7 Å². The summed E-state index contributed by atoms with van der Waals surface area (Å²) < 4.78 is 11.9. The first-order valence-corrected chi connectivity index (χ1v) is 9.06. The highest BCUT2D eigenvalue weighted by Gasteiger charge is 2.31. The van der Waals surface area contributed by atoms with Crippen LogP contribution in [0.1, 0.15) is 31.9 Å². The highest BCUT2D eigenvalue weighted by atomic mass is 16.7. The standard InChI is InChI=1S/C21H27N3O4/c1-21(2,3)18(12-22)20(26)28-15-27-19(25)9-8-16-4-6-17(7-5-16)13-24-11-10-23-14-24/h4-11,14,18H,12-13,15,22H2,1-3H3/b9-8+. The van der Waals surface area contributed by atoms with E-state index in [1.807, 2.05) is 55.8 Å². The van der Waals surface area contributed by atoms with Gasteiger partial charge in [-0.2, -0.15) is 0 Å². The average molecular weight is 385 g/mol.